The quantitative estimate of drug-likeness (QED) is 0.629. The summed E-state index contributed by atoms with van der Waals surface area (Å²) in [4.78, 5) is 26.3. The van der Waals surface area contributed by atoms with E-state index in [0.717, 1.165) is 6.42 Å². The summed E-state index contributed by atoms with van der Waals surface area (Å²) in [7, 11) is 1.66. The highest BCUT2D eigenvalue weighted by Crippen LogP contribution is 2.06. The Kier molecular flexibility index (Phi) is 4.08. The molecule has 1 unspecified atom stereocenters. The predicted molar refractivity (Wildman–Crippen MR) is 57.1 cm³/mol. The molecule has 1 rings (SSSR count). The van der Waals surface area contributed by atoms with Gasteiger partial charge in [0.1, 0.15) is 0 Å². The van der Waals surface area contributed by atoms with Gasteiger partial charge in [-0.25, -0.2) is 0 Å². The van der Waals surface area contributed by atoms with Crippen molar-refractivity contribution in [1.29, 1.82) is 0 Å². The fraction of sp³-hybridized carbons (Fsp3) is 0.800. The molecule has 0 aliphatic carbocycles. The lowest BCUT2D eigenvalue weighted by Crippen LogP contribution is -2.43. The minimum absolute atomic E-state index is 0.241. The zero-order valence-electron chi connectivity index (χ0n) is 9.40. The Morgan fingerprint density at radius 2 is 2.00 bits per heavy atom. The van der Waals surface area contributed by atoms with Crippen LogP contribution in [0, 0.1) is 5.92 Å². The molecule has 2 N–H and O–H groups in total. The third-order valence-corrected chi connectivity index (χ3v) is 2.67. The van der Waals surface area contributed by atoms with Gasteiger partial charge in [0.05, 0.1) is 0 Å². The van der Waals surface area contributed by atoms with Crippen molar-refractivity contribution in [2.45, 2.75) is 13.3 Å². The van der Waals surface area contributed by atoms with E-state index in [1.165, 1.54) is 4.90 Å². The largest absolute Gasteiger partial charge is 0.337 e. The summed E-state index contributed by atoms with van der Waals surface area (Å²) in [5.74, 6) is -0.558. The lowest BCUT2D eigenvalue weighted by molar-refractivity contribution is -0.149. The van der Waals surface area contributed by atoms with Crippen LogP contribution in [0.4, 0.5) is 0 Å². The Bertz CT molecular complexity index is 255. The van der Waals surface area contributed by atoms with Crippen LogP contribution in [0.5, 0.6) is 0 Å². The van der Waals surface area contributed by atoms with E-state index >= 15 is 0 Å². The average Bonchev–Trinajstić information content (AvgIpc) is 2.34. The smallest absolute Gasteiger partial charge is 0.312 e. The topological polar surface area (TPSA) is 66.6 Å². The van der Waals surface area contributed by atoms with Gasteiger partial charge in [-0.15, -0.1) is 0 Å². The molecule has 1 atom stereocenters. The molecule has 0 spiro atoms. The van der Waals surface area contributed by atoms with Crippen molar-refractivity contribution >= 4 is 11.8 Å². The maximum Gasteiger partial charge on any atom is 0.312 e. The number of hydrogen-bond donors (Lipinski definition) is 1. The molecule has 0 aromatic heterocycles. The van der Waals surface area contributed by atoms with Crippen molar-refractivity contribution in [1.82, 2.24) is 9.80 Å². The number of hydrogen-bond acceptors (Lipinski definition) is 3. The molecule has 1 saturated heterocycles. The fourth-order valence-electron chi connectivity index (χ4n) is 1.63. The van der Waals surface area contributed by atoms with Crippen molar-refractivity contribution in [2.24, 2.45) is 11.7 Å². The van der Waals surface area contributed by atoms with Gasteiger partial charge in [-0.2, -0.15) is 0 Å². The first-order chi connectivity index (χ1) is 7.06. The van der Waals surface area contributed by atoms with Crippen LogP contribution in [0.2, 0.25) is 0 Å². The number of nitrogens with zero attached hydrogens (tertiary/aromatic N) is 2. The number of rotatable bonds is 3. The van der Waals surface area contributed by atoms with E-state index in [9.17, 15) is 9.59 Å². The maximum absolute atomic E-state index is 11.7. The highest BCUT2D eigenvalue weighted by molar-refractivity contribution is 6.34. The standard InChI is InChI=1S/C10H19N3O2/c1-8(6-11)7-13-5-3-4-12(2)9(14)10(13)15/h8H,3-7,11H2,1-2H3. The van der Waals surface area contributed by atoms with Crippen LogP contribution in [0.15, 0.2) is 0 Å². The second-order valence-electron chi connectivity index (χ2n) is 4.17. The average molecular weight is 213 g/mol. The van der Waals surface area contributed by atoms with Gasteiger partial charge in [-0.05, 0) is 18.9 Å². The number of amides is 2. The number of likely N-dealkylation sites (N-methyl/N-ethyl adjacent to an activating group) is 1. The van der Waals surface area contributed by atoms with Crippen LogP contribution in [-0.4, -0.2) is 54.8 Å². The molecule has 1 aliphatic rings. The zero-order chi connectivity index (χ0) is 11.4. The van der Waals surface area contributed by atoms with Crippen LogP contribution in [0.25, 0.3) is 0 Å². The molecule has 0 bridgehead atoms. The normalized spacial score (nSPS) is 20.5. The Hall–Kier alpha value is -1.10. The molecule has 0 aromatic rings. The number of carbonyl (C=O) groups excluding carboxylic acids is 2. The minimum Gasteiger partial charge on any atom is -0.337 e. The van der Waals surface area contributed by atoms with E-state index in [2.05, 4.69) is 0 Å². The van der Waals surface area contributed by atoms with Crippen molar-refractivity contribution in [3.63, 3.8) is 0 Å². The Balaban J connectivity index is 2.64. The maximum atomic E-state index is 11.7. The second-order valence-corrected chi connectivity index (χ2v) is 4.17. The molecule has 5 heteroatoms. The van der Waals surface area contributed by atoms with E-state index in [1.807, 2.05) is 6.92 Å². The molecule has 1 aliphatic heterocycles. The monoisotopic (exact) mass is 213 g/mol. The summed E-state index contributed by atoms with van der Waals surface area (Å²) in [5.41, 5.74) is 5.50. The Labute approximate surface area is 90.2 Å². The third-order valence-electron chi connectivity index (χ3n) is 2.67. The van der Waals surface area contributed by atoms with Gasteiger partial charge in [-0.1, -0.05) is 6.92 Å². The van der Waals surface area contributed by atoms with Crippen LogP contribution in [0.1, 0.15) is 13.3 Å². The molecular weight excluding hydrogens is 194 g/mol. The van der Waals surface area contributed by atoms with Gasteiger partial charge in [0.2, 0.25) is 0 Å². The molecule has 0 radical (unpaired) electrons. The lowest BCUT2D eigenvalue weighted by Gasteiger charge is -2.22. The Morgan fingerprint density at radius 3 is 2.60 bits per heavy atom. The molecule has 86 valence electrons. The van der Waals surface area contributed by atoms with Crippen molar-refractivity contribution in [3.05, 3.63) is 0 Å². The highest BCUT2D eigenvalue weighted by Gasteiger charge is 2.28. The van der Waals surface area contributed by atoms with E-state index in [0.29, 0.717) is 26.2 Å². The summed E-state index contributed by atoms with van der Waals surface area (Å²) >= 11 is 0. The predicted octanol–water partition coefficient (Wildman–Crippen LogP) is -0.728. The molecule has 15 heavy (non-hydrogen) atoms. The second kappa shape index (κ2) is 5.11. The van der Waals surface area contributed by atoms with Crippen LogP contribution in [0.3, 0.4) is 0 Å². The summed E-state index contributed by atoms with van der Waals surface area (Å²) in [6, 6.07) is 0. The fourth-order valence-corrected chi connectivity index (χ4v) is 1.63. The molecule has 0 aromatic carbocycles. The first-order valence-electron chi connectivity index (χ1n) is 5.30. The molecule has 5 nitrogen and oxygen atoms in total. The first-order valence-corrected chi connectivity index (χ1v) is 5.30. The van der Waals surface area contributed by atoms with E-state index in [-0.39, 0.29) is 5.92 Å². The van der Waals surface area contributed by atoms with E-state index in [1.54, 1.807) is 11.9 Å². The van der Waals surface area contributed by atoms with Gasteiger partial charge < -0.3 is 15.5 Å². The number of nitrogens with two attached hydrogens (primary N) is 1. The van der Waals surface area contributed by atoms with Crippen molar-refractivity contribution in [3.8, 4) is 0 Å². The molecule has 1 heterocycles. The lowest BCUT2D eigenvalue weighted by atomic mass is 10.1. The molecular formula is C10H19N3O2. The zero-order valence-corrected chi connectivity index (χ0v) is 9.40. The summed E-state index contributed by atoms with van der Waals surface area (Å²) in [5, 5.41) is 0. The Morgan fingerprint density at radius 1 is 1.33 bits per heavy atom. The van der Waals surface area contributed by atoms with Gasteiger partial charge in [-0.3, -0.25) is 9.59 Å². The van der Waals surface area contributed by atoms with Gasteiger partial charge in [0, 0.05) is 26.7 Å². The van der Waals surface area contributed by atoms with E-state index < -0.39 is 11.8 Å². The van der Waals surface area contributed by atoms with Gasteiger partial charge in [0.25, 0.3) is 0 Å². The molecule has 2 amide bonds. The molecule has 1 fully saturated rings. The third kappa shape index (κ3) is 2.92. The summed E-state index contributed by atoms with van der Waals surface area (Å²) < 4.78 is 0. The van der Waals surface area contributed by atoms with Crippen LogP contribution < -0.4 is 5.73 Å². The van der Waals surface area contributed by atoms with Gasteiger partial charge >= 0.3 is 11.8 Å². The van der Waals surface area contributed by atoms with Crippen LogP contribution in [-0.2, 0) is 9.59 Å². The van der Waals surface area contributed by atoms with Crippen molar-refractivity contribution < 1.29 is 9.59 Å². The minimum atomic E-state index is -0.406. The first kappa shape index (κ1) is 12.0. The van der Waals surface area contributed by atoms with E-state index in [4.69, 9.17) is 5.73 Å². The highest BCUT2D eigenvalue weighted by atomic mass is 16.2. The van der Waals surface area contributed by atoms with Gasteiger partial charge in [0.15, 0.2) is 0 Å². The summed E-state index contributed by atoms with van der Waals surface area (Å²) in [6.07, 6.45) is 0.839. The summed E-state index contributed by atoms with van der Waals surface area (Å²) in [6.45, 7) is 4.40. The SMILES string of the molecule is CC(CN)CN1CCCN(C)C(=O)C1=O. The number of carbonyl (C=O) groups is 2. The van der Waals surface area contributed by atoms with Crippen LogP contribution >= 0.6 is 0 Å². The van der Waals surface area contributed by atoms with Crippen molar-refractivity contribution in [2.75, 3.05) is 33.2 Å². The molecule has 0 saturated carbocycles.